The zero-order valence-corrected chi connectivity index (χ0v) is 8.99. The van der Waals surface area contributed by atoms with Gasteiger partial charge in [-0.1, -0.05) is 0 Å². The van der Waals surface area contributed by atoms with Crippen molar-refractivity contribution in [2.75, 3.05) is 34.3 Å². The maximum atomic E-state index is 8.39. The molecule has 0 amide bonds. The van der Waals surface area contributed by atoms with Gasteiger partial charge in [0.1, 0.15) is 6.54 Å². The van der Waals surface area contributed by atoms with Crippen LogP contribution in [0.15, 0.2) is 12.4 Å². The highest BCUT2D eigenvalue weighted by Gasteiger charge is 2.02. The predicted octanol–water partition coefficient (Wildman–Crippen LogP) is -3.51. The molecule has 5 nitrogen and oxygen atoms in total. The molecule has 0 aliphatic rings. The summed E-state index contributed by atoms with van der Waals surface area (Å²) in [6.45, 7) is 1.11. The van der Waals surface area contributed by atoms with Gasteiger partial charge in [0.15, 0.2) is 0 Å². The number of aromatic amines is 1. The first-order valence-corrected chi connectivity index (χ1v) is 3.77. The molecule has 1 heterocycles. The minimum atomic E-state index is 0. The van der Waals surface area contributed by atoms with Crippen LogP contribution in [0, 0.1) is 0 Å². The lowest BCUT2D eigenvalue weighted by molar-refractivity contribution is -0.870. The molecular weight excluding hydrogens is 192 g/mol. The van der Waals surface area contributed by atoms with Crippen molar-refractivity contribution >= 4 is 0 Å². The van der Waals surface area contributed by atoms with Gasteiger partial charge in [0.2, 0.25) is 0 Å². The monoisotopic (exact) mass is 208 g/mol. The average Bonchev–Trinajstić information content (AvgIpc) is 2.38. The lowest BCUT2D eigenvalue weighted by Crippen LogP contribution is -3.00. The number of halogens is 1. The van der Waals surface area contributed by atoms with E-state index in [9.17, 15) is 0 Å². The highest BCUT2D eigenvalue weighted by molar-refractivity contribution is 4.54. The van der Waals surface area contributed by atoms with Crippen LogP contribution >= 0.6 is 0 Å². The zero-order valence-electron chi connectivity index (χ0n) is 8.24. The van der Waals surface area contributed by atoms with Crippen LogP contribution in [-0.2, 0) is 0 Å². The van der Waals surface area contributed by atoms with Crippen LogP contribution in [0.4, 0.5) is 0 Å². The van der Waals surface area contributed by atoms with Gasteiger partial charge in [-0.2, -0.15) is 15.4 Å². The van der Waals surface area contributed by atoms with E-state index in [1.807, 2.05) is 0 Å². The Morgan fingerprint density at radius 2 is 1.69 bits per heavy atom. The van der Waals surface area contributed by atoms with Crippen LogP contribution in [-0.4, -0.2) is 59.3 Å². The number of aliphatic hydroxyl groups is 1. The molecule has 6 heteroatoms. The van der Waals surface area contributed by atoms with Gasteiger partial charge in [0.25, 0.3) is 0 Å². The first-order chi connectivity index (χ1) is 5.56. The molecule has 0 atom stereocenters. The number of nitrogens with zero attached hydrogens (tertiary/aromatic N) is 3. The summed E-state index contributed by atoms with van der Waals surface area (Å²) in [7, 11) is 6.16. The minimum absolute atomic E-state index is 0. The molecule has 1 aromatic heterocycles. The second-order valence-corrected chi connectivity index (χ2v) is 3.39. The largest absolute Gasteiger partial charge is 1.00 e. The molecule has 13 heavy (non-hydrogen) atoms. The Kier molecular flexibility index (Phi) is 9.11. The maximum absolute atomic E-state index is 8.39. The van der Waals surface area contributed by atoms with E-state index in [4.69, 9.17) is 5.11 Å². The van der Waals surface area contributed by atoms with E-state index >= 15 is 0 Å². The molecule has 0 bridgehead atoms. The SMILES string of the molecule is C[N+](C)(C)CCO.[Cl-].c1cn[nH]n1. The van der Waals surface area contributed by atoms with Crippen molar-refractivity contribution in [2.45, 2.75) is 0 Å². The van der Waals surface area contributed by atoms with E-state index in [1.54, 1.807) is 12.4 Å². The van der Waals surface area contributed by atoms with Crippen molar-refractivity contribution in [1.29, 1.82) is 0 Å². The number of nitrogens with one attached hydrogen (secondary N) is 1. The smallest absolute Gasteiger partial charge is 0.101 e. The van der Waals surface area contributed by atoms with Crippen LogP contribution < -0.4 is 12.4 Å². The van der Waals surface area contributed by atoms with Crippen LogP contribution in [0.5, 0.6) is 0 Å². The van der Waals surface area contributed by atoms with Crippen molar-refractivity contribution in [3.05, 3.63) is 12.4 Å². The number of H-pyrrole nitrogens is 1. The third-order valence-electron chi connectivity index (χ3n) is 1.10. The zero-order chi connectivity index (χ0) is 9.45. The van der Waals surface area contributed by atoms with Crippen molar-refractivity contribution in [2.24, 2.45) is 0 Å². The molecule has 0 radical (unpaired) electrons. The molecule has 0 aromatic carbocycles. The first kappa shape index (κ1) is 14.9. The highest BCUT2D eigenvalue weighted by Crippen LogP contribution is 1.84. The summed E-state index contributed by atoms with van der Waals surface area (Å²) in [5.74, 6) is 0. The van der Waals surface area contributed by atoms with Gasteiger partial charge in [-0.25, -0.2) is 0 Å². The lowest BCUT2D eigenvalue weighted by Gasteiger charge is -2.21. The number of rotatable bonds is 2. The van der Waals surface area contributed by atoms with Gasteiger partial charge < -0.3 is 22.0 Å². The second-order valence-electron chi connectivity index (χ2n) is 3.39. The summed E-state index contributed by atoms with van der Waals surface area (Å²) in [6.07, 6.45) is 3.17. The first-order valence-electron chi connectivity index (χ1n) is 3.77. The molecule has 0 saturated carbocycles. The molecule has 78 valence electrons. The molecule has 0 aliphatic heterocycles. The average molecular weight is 209 g/mol. The Morgan fingerprint density at radius 1 is 1.23 bits per heavy atom. The molecule has 1 aromatic rings. The Balaban J connectivity index is 0. The van der Waals surface area contributed by atoms with Crippen molar-refractivity contribution in [3.8, 4) is 0 Å². The van der Waals surface area contributed by atoms with E-state index in [1.165, 1.54) is 0 Å². The van der Waals surface area contributed by atoms with Crippen molar-refractivity contribution < 1.29 is 22.0 Å². The number of quaternary nitrogens is 1. The van der Waals surface area contributed by atoms with E-state index in [-0.39, 0.29) is 19.0 Å². The normalized spacial score (nSPS) is 9.54. The summed E-state index contributed by atoms with van der Waals surface area (Å²) >= 11 is 0. The Morgan fingerprint density at radius 3 is 1.77 bits per heavy atom. The molecule has 0 aliphatic carbocycles. The van der Waals surface area contributed by atoms with Crippen LogP contribution in [0.1, 0.15) is 0 Å². The van der Waals surface area contributed by atoms with Crippen molar-refractivity contribution in [3.63, 3.8) is 0 Å². The fourth-order valence-electron chi connectivity index (χ4n) is 0.467. The van der Waals surface area contributed by atoms with Gasteiger partial charge in [-0.3, -0.25) is 0 Å². The Labute approximate surface area is 84.8 Å². The van der Waals surface area contributed by atoms with Gasteiger partial charge >= 0.3 is 0 Å². The summed E-state index contributed by atoms with van der Waals surface area (Å²) in [4.78, 5) is 0. The molecule has 2 N–H and O–H groups in total. The summed E-state index contributed by atoms with van der Waals surface area (Å²) < 4.78 is 0.844. The number of aromatic nitrogens is 3. The van der Waals surface area contributed by atoms with Crippen LogP contribution in [0.2, 0.25) is 0 Å². The Bertz CT molecular complexity index is 156. The summed E-state index contributed by atoms with van der Waals surface area (Å²) in [6, 6.07) is 0. The predicted molar refractivity (Wildman–Crippen MR) is 46.4 cm³/mol. The van der Waals surface area contributed by atoms with Gasteiger partial charge in [-0.15, -0.1) is 0 Å². The van der Waals surface area contributed by atoms with E-state index < -0.39 is 0 Å². The molecular formula is C7H17ClN4O. The second kappa shape index (κ2) is 7.97. The van der Waals surface area contributed by atoms with E-state index in [0.717, 1.165) is 11.0 Å². The minimum Gasteiger partial charge on any atom is -1.00 e. The standard InChI is InChI=1S/C5H14NO.C2H3N3.ClH/c1-6(2,3)4-5-7;1-2-4-5-3-1;/h7H,4-5H2,1-3H3;1-2H,(H,3,4,5);1H/q+1;;/p-1. The van der Waals surface area contributed by atoms with Gasteiger partial charge in [-0.05, 0) is 0 Å². The summed E-state index contributed by atoms with van der Waals surface area (Å²) in [5, 5.41) is 17.7. The number of hydrogen-bond acceptors (Lipinski definition) is 3. The maximum Gasteiger partial charge on any atom is 0.101 e. The van der Waals surface area contributed by atoms with E-state index in [2.05, 4.69) is 36.6 Å². The molecule has 0 spiro atoms. The Hall–Kier alpha value is -0.650. The third kappa shape index (κ3) is 14.2. The topological polar surface area (TPSA) is 61.8 Å². The molecule has 0 saturated heterocycles. The number of likely N-dealkylation sites (N-methyl/N-ethyl adjacent to an activating group) is 1. The fourth-order valence-corrected chi connectivity index (χ4v) is 0.467. The quantitative estimate of drug-likeness (QED) is 0.496. The molecule has 1 rings (SSSR count). The van der Waals surface area contributed by atoms with Gasteiger partial charge in [0.05, 0.1) is 40.1 Å². The highest BCUT2D eigenvalue weighted by atomic mass is 35.5. The number of aliphatic hydroxyl groups excluding tert-OH is 1. The summed E-state index contributed by atoms with van der Waals surface area (Å²) in [5.41, 5.74) is 0. The molecule has 0 unspecified atom stereocenters. The lowest BCUT2D eigenvalue weighted by atomic mass is 10.5. The van der Waals surface area contributed by atoms with Crippen LogP contribution in [0.3, 0.4) is 0 Å². The van der Waals surface area contributed by atoms with Gasteiger partial charge in [0, 0.05) is 0 Å². The fraction of sp³-hybridized carbons (Fsp3) is 0.714. The third-order valence-corrected chi connectivity index (χ3v) is 1.10. The molecule has 0 fully saturated rings. The van der Waals surface area contributed by atoms with Crippen molar-refractivity contribution in [1.82, 2.24) is 15.4 Å². The van der Waals surface area contributed by atoms with E-state index in [0.29, 0.717) is 0 Å². The van der Waals surface area contributed by atoms with Crippen LogP contribution in [0.25, 0.3) is 0 Å². The number of hydrogen-bond donors (Lipinski definition) is 2.